The highest BCUT2D eigenvalue weighted by Gasteiger charge is 2.41. The molecule has 1 unspecified atom stereocenters. The Morgan fingerprint density at radius 2 is 1.75 bits per heavy atom. The monoisotopic (exact) mass is 752 g/mol. The number of esters is 1. The minimum absolute atomic E-state index is 0.00596. The number of unbranched alkanes of at least 4 members (excludes halogenated alkanes) is 4. The van der Waals surface area contributed by atoms with Gasteiger partial charge in [-0.1, -0.05) is 107 Å². The van der Waals surface area contributed by atoms with Crippen LogP contribution in [-0.2, 0) is 34.8 Å². The first-order valence-corrected chi connectivity index (χ1v) is 19.4. The van der Waals surface area contributed by atoms with Crippen LogP contribution < -0.4 is 26.2 Å². The van der Waals surface area contributed by atoms with E-state index in [9.17, 15) is 28.8 Å². The molecule has 1 aromatic heterocycles. The Labute approximate surface area is 309 Å². The fourth-order valence-electron chi connectivity index (χ4n) is 5.43. The number of aromatic amines is 1. The molecular weight excluding hydrogens is 703 g/mol. The maximum Gasteiger partial charge on any atom is 0.459 e. The number of nitrogens with one attached hydrogen (secondary N) is 3. The van der Waals surface area contributed by atoms with Crippen LogP contribution in [-0.4, -0.2) is 57.9 Å². The minimum atomic E-state index is -4.34. The predicted molar refractivity (Wildman–Crippen MR) is 198 cm³/mol. The van der Waals surface area contributed by atoms with Gasteiger partial charge >= 0.3 is 19.4 Å². The van der Waals surface area contributed by atoms with Crippen LogP contribution in [0.2, 0.25) is 0 Å². The van der Waals surface area contributed by atoms with Gasteiger partial charge in [0.2, 0.25) is 5.91 Å². The van der Waals surface area contributed by atoms with Crippen LogP contribution in [0.5, 0.6) is 5.75 Å². The van der Waals surface area contributed by atoms with Gasteiger partial charge in [0, 0.05) is 19.0 Å². The molecule has 4 rings (SSSR count). The lowest BCUT2D eigenvalue weighted by Crippen LogP contribution is -2.42. The number of para-hydroxylation sites is 1. The summed E-state index contributed by atoms with van der Waals surface area (Å²) in [4.78, 5) is 52.8. The molecule has 14 nitrogen and oxygen atoms in total. The van der Waals surface area contributed by atoms with Crippen molar-refractivity contribution < 1.29 is 37.8 Å². The third-order valence-corrected chi connectivity index (χ3v) is 9.94. The lowest BCUT2D eigenvalue weighted by Gasteiger charge is -2.27. The Kier molecular flexibility index (Phi) is 16.1. The number of amides is 1. The molecule has 4 N–H and O–H groups in total. The number of nitrogens with zero attached hydrogens (tertiary/aromatic N) is 1. The number of aromatic nitrogens is 2. The molecule has 1 saturated heterocycles. The van der Waals surface area contributed by atoms with Crippen molar-refractivity contribution in [3.63, 3.8) is 0 Å². The van der Waals surface area contributed by atoms with Gasteiger partial charge in [-0.2, -0.15) is 5.09 Å². The zero-order valence-electron chi connectivity index (χ0n) is 30.3. The Morgan fingerprint density at radius 1 is 1.06 bits per heavy atom. The zero-order valence-corrected chi connectivity index (χ0v) is 31.2. The van der Waals surface area contributed by atoms with Crippen molar-refractivity contribution in [3.8, 4) is 17.6 Å². The van der Waals surface area contributed by atoms with E-state index < -0.39 is 62.0 Å². The standard InChI is InChI=1S/C38H49N4O10P/c1-4-5-6-7-14-21-33(44)39-22-15-18-29-24-42(38(47)40-36(29)45)34-23-31(43)32(51-34)26-50-53(48,52-30-19-12-9-13-20-30)41-35(27(2)3)37(46)49-25-28-16-10-8-11-17-28/h8-13,16-17,19-20,24,27,31-32,34-35,43H,4-7,14,21-23,25-26H2,1-3H3,(H,39,44)(H,41,48)(H,40,45,47)/t31-,32+,34+,35-,53?/m0/s1. The Morgan fingerprint density at radius 3 is 2.45 bits per heavy atom. The van der Waals surface area contributed by atoms with Crippen LogP contribution >= 0.6 is 7.75 Å². The number of aliphatic hydroxyl groups excluding tert-OH is 1. The van der Waals surface area contributed by atoms with Gasteiger partial charge in [-0.3, -0.25) is 28.5 Å². The molecule has 5 atom stereocenters. The third kappa shape index (κ3) is 13.1. The van der Waals surface area contributed by atoms with Crippen LogP contribution in [0.4, 0.5) is 0 Å². The molecule has 2 aromatic carbocycles. The lowest BCUT2D eigenvalue weighted by atomic mass is 10.1. The van der Waals surface area contributed by atoms with Crippen molar-refractivity contribution in [2.75, 3.05) is 13.2 Å². The summed E-state index contributed by atoms with van der Waals surface area (Å²) in [5.74, 6) is 4.41. The summed E-state index contributed by atoms with van der Waals surface area (Å²) in [7, 11) is -4.34. The molecule has 3 aromatic rings. The van der Waals surface area contributed by atoms with Crippen molar-refractivity contribution in [1.82, 2.24) is 20.0 Å². The molecule has 0 bridgehead atoms. The molecular formula is C38H49N4O10P. The van der Waals surface area contributed by atoms with Gasteiger partial charge in [0.1, 0.15) is 36.3 Å². The molecule has 286 valence electrons. The van der Waals surface area contributed by atoms with E-state index in [0.717, 1.165) is 42.2 Å². The Hall–Kier alpha value is -4.51. The summed E-state index contributed by atoms with van der Waals surface area (Å²) in [5.41, 5.74) is -0.769. The fourth-order valence-corrected chi connectivity index (χ4v) is 7.09. The highest BCUT2D eigenvalue weighted by molar-refractivity contribution is 7.52. The van der Waals surface area contributed by atoms with Crippen molar-refractivity contribution in [2.45, 2.75) is 96.8 Å². The molecule has 1 amide bonds. The summed E-state index contributed by atoms with van der Waals surface area (Å²) in [5, 5.41) is 16.3. The minimum Gasteiger partial charge on any atom is -0.460 e. The molecule has 0 saturated carbocycles. The highest BCUT2D eigenvalue weighted by atomic mass is 31.2. The van der Waals surface area contributed by atoms with E-state index in [1.54, 1.807) is 44.2 Å². The van der Waals surface area contributed by atoms with Gasteiger partial charge in [-0.05, 0) is 30.0 Å². The molecule has 0 radical (unpaired) electrons. The molecule has 1 aliphatic heterocycles. The average Bonchev–Trinajstić information content (AvgIpc) is 3.51. The fraction of sp³-hybridized carbons (Fsp3) is 0.474. The number of ether oxygens (including phenoxy) is 2. The number of hydrogen-bond acceptors (Lipinski definition) is 10. The number of carbonyl (C=O) groups is 2. The van der Waals surface area contributed by atoms with Crippen molar-refractivity contribution in [2.24, 2.45) is 5.92 Å². The van der Waals surface area contributed by atoms with Crippen LogP contribution in [0, 0.1) is 17.8 Å². The summed E-state index contributed by atoms with van der Waals surface area (Å²) in [6.07, 6.45) is 3.39. The van der Waals surface area contributed by atoms with E-state index in [2.05, 4.69) is 34.2 Å². The quantitative estimate of drug-likeness (QED) is 0.0582. The number of aliphatic hydroxyl groups is 1. The van der Waals surface area contributed by atoms with E-state index in [1.165, 1.54) is 6.20 Å². The second-order valence-electron chi connectivity index (χ2n) is 13.0. The summed E-state index contributed by atoms with van der Waals surface area (Å²) in [6.45, 7) is 5.19. The van der Waals surface area contributed by atoms with Crippen molar-refractivity contribution in [3.05, 3.63) is 98.8 Å². The molecule has 1 aliphatic rings. The van der Waals surface area contributed by atoms with Gasteiger partial charge in [-0.15, -0.1) is 0 Å². The van der Waals surface area contributed by atoms with E-state index in [4.69, 9.17) is 18.5 Å². The van der Waals surface area contributed by atoms with Crippen LogP contribution in [0.3, 0.4) is 0 Å². The predicted octanol–water partition coefficient (Wildman–Crippen LogP) is 4.57. The van der Waals surface area contributed by atoms with Gasteiger partial charge in [-0.25, -0.2) is 9.36 Å². The third-order valence-electron chi connectivity index (χ3n) is 8.41. The highest BCUT2D eigenvalue weighted by Crippen LogP contribution is 2.46. The van der Waals surface area contributed by atoms with E-state index in [1.807, 2.05) is 30.3 Å². The van der Waals surface area contributed by atoms with Crippen LogP contribution in [0.15, 0.2) is 76.4 Å². The van der Waals surface area contributed by atoms with Gasteiger partial charge in [0.15, 0.2) is 0 Å². The van der Waals surface area contributed by atoms with E-state index in [-0.39, 0.29) is 36.8 Å². The maximum absolute atomic E-state index is 14.2. The Balaban J connectivity index is 1.41. The van der Waals surface area contributed by atoms with Crippen molar-refractivity contribution >= 4 is 19.6 Å². The zero-order chi connectivity index (χ0) is 38.2. The molecule has 53 heavy (non-hydrogen) atoms. The maximum atomic E-state index is 14.2. The number of rotatable bonds is 19. The first kappa shape index (κ1) is 41.2. The summed E-state index contributed by atoms with van der Waals surface area (Å²) in [6, 6.07) is 16.3. The normalized spacial score (nSPS) is 18.4. The Bertz CT molecular complexity index is 1860. The molecule has 15 heteroatoms. The molecule has 0 spiro atoms. The van der Waals surface area contributed by atoms with Gasteiger partial charge in [0.25, 0.3) is 5.56 Å². The summed E-state index contributed by atoms with van der Waals surface area (Å²) < 4.78 is 38.4. The average molecular weight is 753 g/mol. The van der Waals surface area contributed by atoms with Crippen LogP contribution in [0.25, 0.3) is 0 Å². The topological polar surface area (TPSA) is 187 Å². The van der Waals surface area contributed by atoms with Gasteiger partial charge in [0.05, 0.1) is 19.3 Å². The number of hydrogen-bond donors (Lipinski definition) is 4. The smallest absolute Gasteiger partial charge is 0.459 e. The first-order chi connectivity index (χ1) is 25.5. The summed E-state index contributed by atoms with van der Waals surface area (Å²) >= 11 is 0. The number of carbonyl (C=O) groups excluding carboxylic acids is 2. The molecule has 1 fully saturated rings. The van der Waals surface area contributed by atoms with Crippen molar-refractivity contribution in [1.29, 1.82) is 0 Å². The van der Waals surface area contributed by atoms with Gasteiger partial charge < -0.3 is 24.4 Å². The first-order valence-electron chi connectivity index (χ1n) is 17.9. The number of benzene rings is 2. The molecule has 2 heterocycles. The second-order valence-corrected chi connectivity index (χ2v) is 14.7. The van der Waals surface area contributed by atoms with Crippen LogP contribution in [0.1, 0.15) is 83.1 Å². The van der Waals surface area contributed by atoms with E-state index in [0.29, 0.717) is 6.42 Å². The molecule has 0 aliphatic carbocycles. The second kappa shape index (κ2) is 20.7. The largest absolute Gasteiger partial charge is 0.460 e. The number of H-pyrrole nitrogens is 1. The van der Waals surface area contributed by atoms with E-state index >= 15 is 0 Å². The lowest BCUT2D eigenvalue weighted by molar-refractivity contribution is -0.148. The SMILES string of the molecule is CCCCCCCC(=O)NCC#Cc1cn([C@H]2C[C@H](O)[C@@H](COP(=O)(N[C@H](C(=O)OCc3ccccc3)C(C)C)Oc3ccccc3)O2)c(=O)[nH]c1=O.